The van der Waals surface area contributed by atoms with Crippen molar-refractivity contribution in [2.75, 3.05) is 31.1 Å². The summed E-state index contributed by atoms with van der Waals surface area (Å²) in [6, 6.07) is 5.12. The molecule has 9 heteroatoms. The highest BCUT2D eigenvalue weighted by Gasteiger charge is 2.30. The van der Waals surface area contributed by atoms with Crippen LogP contribution in [0.5, 0.6) is 0 Å². The first-order valence-corrected chi connectivity index (χ1v) is 11.0. The van der Waals surface area contributed by atoms with E-state index >= 15 is 0 Å². The van der Waals surface area contributed by atoms with Crippen molar-refractivity contribution in [1.29, 1.82) is 0 Å². The van der Waals surface area contributed by atoms with Crippen LogP contribution in [0.15, 0.2) is 30.6 Å². The molecule has 8 nitrogen and oxygen atoms in total. The van der Waals surface area contributed by atoms with E-state index in [1.807, 2.05) is 4.90 Å². The summed E-state index contributed by atoms with van der Waals surface area (Å²) in [4.78, 5) is 41.1. The molecule has 0 atom stereocenters. The average molecular weight is 444 g/mol. The van der Waals surface area contributed by atoms with Gasteiger partial charge in [-0.3, -0.25) is 19.1 Å². The zero-order chi connectivity index (χ0) is 22.0. The fourth-order valence-corrected chi connectivity index (χ4v) is 4.37. The molecule has 0 radical (unpaired) electrons. The molecule has 0 unspecified atom stereocenters. The van der Waals surface area contributed by atoms with Gasteiger partial charge in [0.05, 0.1) is 23.0 Å². The first kappa shape index (κ1) is 21.4. The minimum absolute atomic E-state index is 0.0272. The second kappa shape index (κ2) is 9.09. The molecule has 0 aliphatic carbocycles. The van der Waals surface area contributed by atoms with E-state index in [1.165, 1.54) is 0 Å². The second-order valence-corrected chi connectivity index (χ2v) is 8.60. The lowest BCUT2D eigenvalue weighted by Crippen LogP contribution is -2.42. The summed E-state index contributed by atoms with van der Waals surface area (Å²) in [5, 5.41) is 7.48. The number of hydrogen-bond acceptors (Lipinski definition) is 4. The van der Waals surface area contributed by atoms with Gasteiger partial charge in [0.2, 0.25) is 5.91 Å². The predicted octanol–water partition coefficient (Wildman–Crippen LogP) is 2.48. The van der Waals surface area contributed by atoms with Gasteiger partial charge < -0.3 is 15.1 Å². The van der Waals surface area contributed by atoms with Gasteiger partial charge in [-0.25, -0.2) is 0 Å². The summed E-state index contributed by atoms with van der Waals surface area (Å²) >= 11 is 6.16. The Morgan fingerprint density at radius 3 is 2.65 bits per heavy atom. The Hall–Kier alpha value is -2.87. The number of amides is 3. The number of carbonyl (C=O) groups is 3. The maximum Gasteiger partial charge on any atom is 0.255 e. The van der Waals surface area contributed by atoms with Gasteiger partial charge in [0, 0.05) is 50.9 Å². The van der Waals surface area contributed by atoms with Gasteiger partial charge in [0.25, 0.3) is 11.8 Å². The number of aromatic nitrogens is 2. The molecule has 2 aliphatic heterocycles. The number of benzene rings is 1. The molecule has 2 fully saturated rings. The fraction of sp³-hybridized carbons (Fsp3) is 0.455. The van der Waals surface area contributed by atoms with Crippen molar-refractivity contribution >= 4 is 35.0 Å². The molecule has 3 heterocycles. The van der Waals surface area contributed by atoms with Crippen LogP contribution in [0.25, 0.3) is 0 Å². The first-order chi connectivity index (χ1) is 14.9. The number of hydrogen-bond donors (Lipinski definition) is 1. The number of rotatable bonds is 5. The van der Waals surface area contributed by atoms with Crippen LogP contribution in [0.1, 0.15) is 46.4 Å². The molecule has 2 aliphatic rings. The molecule has 0 saturated carbocycles. The van der Waals surface area contributed by atoms with Crippen molar-refractivity contribution in [2.45, 2.75) is 25.7 Å². The van der Waals surface area contributed by atoms with Gasteiger partial charge in [-0.1, -0.05) is 11.6 Å². The second-order valence-electron chi connectivity index (χ2n) is 8.16. The normalized spacial score (nSPS) is 17.3. The summed E-state index contributed by atoms with van der Waals surface area (Å²) < 4.78 is 1.60. The van der Waals surface area contributed by atoms with Crippen LogP contribution >= 0.6 is 11.6 Å². The molecule has 1 aromatic heterocycles. The highest BCUT2D eigenvalue weighted by molar-refractivity contribution is 6.31. The van der Waals surface area contributed by atoms with Crippen LogP contribution in [-0.4, -0.2) is 58.6 Å². The van der Waals surface area contributed by atoms with Crippen LogP contribution in [0.4, 0.5) is 5.69 Å². The number of halogens is 1. The van der Waals surface area contributed by atoms with Crippen LogP contribution < -0.4 is 10.2 Å². The summed E-state index contributed by atoms with van der Waals surface area (Å²) in [5.74, 6) is 0.130. The average Bonchev–Trinajstić information content (AvgIpc) is 3.40. The molecule has 31 heavy (non-hydrogen) atoms. The van der Waals surface area contributed by atoms with E-state index in [4.69, 9.17) is 11.6 Å². The number of likely N-dealkylation sites (tertiary alicyclic amines) is 1. The largest absolute Gasteiger partial charge is 0.352 e. The molecule has 1 aromatic carbocycles. The van der Waals surface area contributed by atoms with E-state index in [2.05, 4.69) is 10.4 Å². The number of anilines is 1. The Kier molecular flexibility index (Phi) is 6.27. The zero-order valence-electron chi connectivity index (χ0n) is 17.5. The Balaban J connectivity index is 1.35. The van der Waals surface area contributed by atoms with E-state index in [1.54, 1.807) is 47.2 Å². The maximum absolute atomic E-state index is 13.2. The van der Waals surface area contributed by atoms with Gasteiger partial charge in [0.1, 0.15) is 0 Å². The van der Waals surface area contributed by atoms with Crippen molar-refractivity contribution in [3.63, 3.8) is 0 Å². The summed E-state index contributed by atoms with van der Waals surface area (Å²) in [6.07, 6.45) is 6.14. The molecule has 4 rings (SSSR count). The Morgan fingerprint density at radius 2 is 2.00 bits per heavy atom. The molecular weight excluding hydrogens is 418 g/mol. The summed E-state index contributed by atoms with van der Waals surface area (Å²) in [5.41, 5.74) is 1.66. The Labute approximate surface area is 186 Å². The van der Waals surface area contributed by atoms with Gasteiger partial charge in [-0.2, -0.15) is 5.10 Å². The Bertz CT molecular complexity index is 997. The summed E-state index contributed by atoms with van der Waals surface area (Å²) in [7, 11) is 1.77. The molecule has 1 N–H and O–H groups in total. The quantitative estimate of drug-likeness (QED) is 0.769. The highest BCUT2D eigenvalue weighted by Crippen LogP contribution is 2.30. The fourth-order valence-electron chi connectivity index (χ4n) is 4.20. The molecule has 0 spiro atoms. The lowest BCUT2D eigenvalue weighted by atomic mass is 9.96. The molecule has 2 aromatic rings. The van der Waals surface area contributed by atoms with Crippen molar-refractivity contribution in [3.8, 4) is 0 Å². The molecule has 164 valence electrons. The van der Waals surface area contributed by atoms with E-state index < -0.39 is 0 Å². The van der Waals surface area contributed by atoms with E-state index in [9.17, 15) is 14.4 Å². The van der Waals surface area contributed by atoms with Crippen molar-refractivity contribution in [2.24, 2.45) is 13.0 Å². The van der Waals surface area contributed by atoms with Gasteiger partial charge in [0.15, 0.2) is 0 Å². The number of nitrogens with zero attached hydrogens (tertiary/aromatic N) is 4. The van der Waals surface area contributed by atoms with Crippen LogP contribution in [0.3, 0.4) is 0 Å². The molecule has 2 saturated heterocycles. The number of nitrogens with one attached hydrogen (secondary N) is 1. The predicted molar refractivity (Wildman–Crippen MR) is 117 cm³/mol. The van der Waals surface area contributed by atoms with Crippen molar-refractivity contribution < 1.29 is 14.4 Å². The standard InChI is InChI=1S/C22H26ClN5O3/c1-26-14-16(13-25-26)21(30)24-12-15-6-9-27(10-7-15)22(31)18-5-4-17(23)11-19(18)28-8-2-3-20(28)29/h4-5,11,13-15H,2-3,6-10,12H2,1H3,(H,24,30). The molecule has 3 amide bonds. The van der Waals surface area contributed by atoms with Gasteiger partial charge in [-0.05, 0) is 43.4 Å². The number of piperidine rings is 1. The minimum Gasteiger partial charge on any atom is -0.352 e. The van der Waals surface area contributed by atoms with Crippen molar-refractivity contribution in [1.82, 2.24) is 20.0 Å². The lowest BCUT2D eigenvalue weighted by Gasteiger charge is -2.33. The third kappa shape index (κ3) is 4.74. The third-order valence-electron chi connectivity index (χ3n) is 5.97. The van der Waals surface area contributed by atoms with Crippen LogP contribution in [0, 0.1) is 5.92 Å². The van der Waals surface area contributed by atoms with Crippen LogP contribution in [0.2, 0.25) is 5.02 Å². The van der Waals surface area contributed by atoms with Gasteiger partial charge in [-0.15, -0.1) is 0 Å². The SMILES string of the molecule is Cn1cc(C(=O)NCC2CCN(C(=O)c3ccc(Cl)cc3N3CCCC3=O)CC2)cn1. The van der Waals surface area contributed by atoms with E-state index in [0.29, 0.717) is 60.4 Å². The lowest BCUT2D eigenvalue weighted by molar-refractivity contribution is -0.117. The zero-order valence-corrected chi connectivity index (χ0v) is 18.3. The van der Waals surface area contributed by atoms with Gasteiger partial charge >= 0.3 is 0 Å². The molecular formula is C22H26ClN5O3. The number of aryl methyl sites for hydroxylation is 1. The smallest absolute Gasteiger partial charge is 0.255 e. The number of carbonyl (C=O) groups excluding carboxylic acids is 3. The van der Waals surface area contributed by atoms with E-state index in [0.717, 1.165) is 19.3 Å². The van der Waals surface area contributed by atoms with E-state index in [-0.39, 0.29) is 17.7 Å². The Morgan fingerprint density at radius 1 is 1.23 bits per heavy atom. The van der Waals surface area contributed by atoms with Crippen LogP contribution in [-0.2, 0) is 11.8 Å². The monoisotopic (exact) mass is 443 g/mol. The third-order valence-corrected chi connectivity index (χ3v) is 6.21. The topological polar surface area (TPSA) is 87.5 Å². The first-order valence-electron chi connectivity index (χ1n) is 10.6. The van der Waals surface area contributed by atoms with Crippen molar-refractivity contribution in [3.05, 3.63) is 46.7 Å². The summed E-state index contributed by atoms with van der Waals surface area (Å²) in [6.45, 7) is 2.41. The molecule has 0 bridgehead atoms. The maximum atomic E-state index is 13.2. The highest BCUT2D eigenvalue weighted by atomic mass is 35.5. The minimum atomic E-state index is -0.132.